The normalized spacial score (nSPS) is 18.7. The van der Waals surface area contributed by atoms with Crippen LogP contribution in [0, 0.1) is 0 Å². The fourth-order valence-electron chi connectivity index (χ4n) is 6.05. The van der Waals surface area contributed by atoms with Gasteiger partial charge in [-0.25, -0.2) is 0 Å². The van der Waals surface area contributed by atoms with Crippen LogP contribution in [-0.2, 0) is 16.2 Å². The number of halogens is 4. The van der Waals surface area contributed by atoms with E-state index >= 15 is 0 Å². The van der Waals surface area contributed by atoms with E-state index in [2.05, 4.69) is 27.7 Å². The van der Waals surface area contributed by atoms with Gasteiger partial charge in [0.15, 0.2) is 0 Å². The van der Waals surface area contributed by atoms with Gasteiger partial charge in [-0.05, 0) is 117 Å². The predicted octanol–water partition coefficient (Wildman–Crippen LogP) is 6.85. The van der Waals surface area contributed by atoms with Crippen molar-refractivity contribution in [2.75, 3.05) is 0 Å². The molecular formula is C25H20Cl4O4. The molecule has 0 saturated carbocycles. The Bertz CT molecular complexity index is 1190. The Morgan fingerprint density at radius 2 is 0.788 bits per heavy atom. The summed E-state index contributed by atoms with van der Waals surface area (Å²) in [6, 6.07) is 6.63. The number of fused-ring (bicyclic) bond motifs is 4. The molecule has 0 aliphatic heterocycles. The standard InChI is InChI=1S/C25H20Cl4O4/c1-23(2)9-25(17-7-13(21(28)32)11(19(26)30)5-15(17)23)10-24(3,4)16-6-12(20(27)31)14(22(29)33)8-18(16)25/h5-8H,9-10H2,1-4H3. The van der Waals surface area contributed by atoms with Gasteiger partial charge >= 0.3 is 0 Å². The Balaban J connectivity index is 2.11. The highest BCUT2D eigenvalue weighted by molar-refractivity contribution is 6.72. The van der Waals surface area contributed by atoms with Gasteiger partial charge in [-0.15, -0.1) is 0 Å². The maximum absolute atomic E-state index is 12.2. The van der Waals surface area contributed by atoms with E-state index in [1.807, 2.05) is 0 Å². The van der Waals surface area contributed by atoms with Gasteiger partial charge in [-0.3, -0.25) is 19.2 Å². The molecule has 2 aromatic carbocycles. The fraction of sp³-hybridized carbons (Fsp3) is 0.360. The number of carbonyl (C=O) groups excluding carboxylic acids is 4. The molecule has 4 nitrogen and oxygen atoms in total. The highest BCUT2D eigenvalue weighted by Gasteiger charge is 2.57. The molecule has 1 spiro atoms. The highest BCUT2D eigenvalue weighted by Crippen LogP contribution is 2.63. The van der Waals surface area contributed by atoms with Gasteiger partial charge in [0.05, 0.1) is 0 Å². The minimum Gasteiger partial charge on any atom is -0.276 e. The fourth-order valence-corrected chi connectivity index (χ4v) is 6.67. The number of rotatable bonds is 4. The zero-order chi connectivity index (χ0) is 24.7. The van der Waals surface area contributed by atoms with Crippen LogP contribution in [0.2, 0.25) is 0 Å². The zero-order valence-corrected chi connectivity index (χ0v) is 21.4. The molecule has 2 aliphatic carbocycles. The third-order valence-electron chi connectivity index (χ3n) is 7.14. The first-order valence-electron chi connectivity index (χ1n) is 10.3. The molecule has 33 heavy (non-hydrogen) atoms. The maximum atomic E-state index is 12.2. The van der Waals surface area contributed by atoms with E-state index in [1.54, 1.807) is 24.3 Å². The summed E-state index contributed by atoms with van der Waals surface area (Å²) in [5, 5.41) is -3.07. The third-order valence-corrected chi connectivity index (χ3v) is 7.95. The van der Waals surface area contributed by atoms with Crippen molar-refractivity contribution < 1.29 is 19.2 Å². The van der Waals surface area contributed by atoms with Crippen molar-refractivity contribution >= 4 is 67.4 Å². The Morgan fingerprint density at radius 3 is 1.03 bits per heavy atom. The Labute approximate surface area is 211 Å². The molecule has 0 bridgehead atoms. The molecule has 0 atom stereocenters. The largest absolute Gasteiger partial charge is 0.276 e. The summed E-state index contributed by atoms with van der Waals surface area (Å²) < 4.78 is 0. The van der Waals surface area contributed by atoms with Crippen molar-refractivity contribution in [1.82, 2.24) is 0 Å². The molecule has 2 aliphatic rings. The smallest absolute Gasteiger partial charge is 0.253 e. The molecule has 2 aromatic rings. The molecular weight excluding hydrogens is 506 g/mol. The van der Waals surface area contributed by atoms with Crippen molar-refractivity contribution in [3.8, 4) is 0 Å². The van der Waals surface area contributed by atoms with Crippen molar-refractivity contribution in [2.45, 2.75) is 56.8 Å². The molecule has 0 saturated heterocycles. The summed E-state index contributed by atoms with van der Waals surface area (Å²) in [7, 11) is 0. The number of hydrogen-bond donors (Lipinski definition) is 0. The second-order valence-corrected chi connectivity index (χ2v) is 11.6. The Morgan fingerprint density at radius 1 is 0.545 bits per heavy atom. The second kappa shape index (κ2) is 7.64. The average molecular weight is 526 g/mol. The quantitative estimate of drug-likeness (QED) is 0.409. The Kier molecular flexibility index (Phi) is 5.65. The van der Waals surface area contributed by atoms with Crippen LogP contribution in [0.4, 0.5) is 0 Å². The summed E-state index contributed by atoms with van der Waals surface area (Å²) in [6.45, 7) is 8.22. The molecule has 0 unspecified atom stereocenters. The van der Waals surface area contributed by atoms with E-state index in [4.69, 9.17) is 46.4 Å². The van der Waals surface area contributed by atoms with Crippen LogP contribution in [0.3, 0.4) is 0 Å². The monoisotopic (exact) mass is 524 g/mol. The SMILES string of the molecule is CC1(C)CC2(CC(C)(C)c3cc(C(=O)Cl)c(C(=O)Cl)cc32)c2cc(C(=O)Cl)c(C(=O)Cl)cc21. The molecule has 8 heteroatoms. The number of hydrogen-bond acceptors (Lipinski definition) is 4. The van der Waals surface area contributed by atoms with Crippen LogP contribution < -0.4 is 0 Å². The molecule has 0 N–H and O–H groups in total. The van der Waals surface area contributed by atoms with E-state index < -0.39 is 26.4 Å². The lowest BCUT2D eigenvalue weighted by Gasteiger charge is -2.31. The third kappa shape index (κ3) is 3.58. The second-order valence-electron chi connectivity index (χ2n) is 10.2. The van der Waals surface area contributed by atoms with Gasteiger partial charge in [0.2, 0.25) is 0 Å². The predicted molar refractivity (Wildman–Crippen MR) is 130 cm³/mol. The summed E-state index contributed by atoms with van der Waals surface area (Å²) in [6.07, 6.45) is 1.29. The maximum Gasteiger partial charge on any atom is 0.253 e. The van der Waals surface area contributed by atoms with Crippen LogP contribution in [0.15, 0.2) is 24.3 Å². The zero-order valence-electron chi connectivity index (χ0n) is 18.4. The summed E-state index contributed by atoms with van der Waals surface area (Å²) in [4.78, 5) is 48.6. The van der Waals surface area contributed by atoms with Crippen LogP contribution in [0.1, 0.15) is 104 Å². The minimum absolute atomic E-state index is 0.0416. The lowest BCUT2D eigenvalue weighted by atomic mass is 9.72. The summed E-state index contributed by atoms with van der Waals surface area (Å²) in [5.74, 6) is 0. The molecule has 0 radical (unpaired) electrons. The molecule has 4 rings (SSSR count). The van der Waals surface area contributed by atoms with Crippen molar-refractivity contribution in [1.29, 1.82) is 0 Å². The molecule has 0 aromatic heterocycles. The molecule has 0 amide bonds. The number of benzene rings is 2. The lowest BCUT2D eigenvalue weighted by Crippen LogP contribution is -2.27. The van der Waals surface area contributed by atoms with Crippen molar-refractivity contribution in [3.63, 3.8) is 0 Å². The van der Waals surface area contributed by atoms with Crippen LogP contribution >= 0.6 is 46.4 Å². The van der Waals surface area contributed by atoms with Crippen LogP contribution in [-0.4, -0.2) is 21.0 Å². The summed E-state index contributed by atoms with van der Waals surface area (Å²) >= 11 is 23.2. The number of carbonyl (C=O) groups is 4. The van der Waals surface area contributed by atoms with E-state index in [0.29, 0.717) is 12.8 Å². The lowest BCUT2D eigenvalue weighted by molar-refractivity contribution is 0.105. The highest BCUT2D eigenvalue weighted by atomic mass is 35.5. The van der Waals surface area contributed by atoms with Gasteiger partial charge in [-0.1, -0.05) is 27.7 Å². The van der Waals surface area contributed by atoms with Gasteiger partial charge in [-0.2, -0.15) is 0 Å². The first-order valence-corrected chi connectivity index (χ1v) is 11.8. The molecule has 0 heterocycles. The van der Waals surface area contributed by atoms with Crippen molar-refractivity contribution in [2.24, 2.45) is 0 Å². The van der Waals surface area contributed by atoms with E-state index in [9.17, 15) is 19.2 Å². The van der Waals surface area contributed by atoms with E-state index in [1.165, 1.54) is 0 Å². The van der Waals surface area contributed by atoms with Gasteiger partial charge < -0.3 is 0 Å². The minimum atomic E-state index is -0.779. The van der Waals surface area contributed by atoms with Crippen LogP contribution in [0.25, 0.3) is 0 Å². The molecule has 172 valence electrons. The molecule has 0 fully saturated rings. The first-order chi connectivity index (χ1) is 15.1. The van der Waals surface area contributed by atoms with E-state index in [0.717, 1.165) is 22.3 Å². The van der Waals surface area contributed by atoms with Crippen LogP contribution in [0.5, 0.6) is 0 Å². The van der Waals surface area contributed by atoms with Gasteiger partial charge in [0.25, 0.3) is 21.0 Å². The van der Waals surface area contributed by atoms with E-state index in [-0.39, 0.29) is 33.1 Å². The van der Waals surface area contributed by atoms with Crippen molar-refractivity contribution in [3.05, 3.63) is 68.8 Å². The van der Waals surface area contributed by atoms with Gasteiger partial charge in [0.1, 0.15) is 0 Å². The first kappa shape index (κ1) is 24.4. The Hall–Kier alpha value is -1.72. The summed E-state index contributed by atoms with van der Waals surface area (Å²) in [5.41, 5.74) is 2.33. The average Bonchev–Trinajstić information content (AvgIpc) is 3.05. The topological polar surface area (TPSA) is 68.3 Å². The van der Waals surface area contributed by atoms with Gasteiger partial charge in [0, 0.05) is 27.7 Å².